The van der Waals surface area contributed by atoms with Crippen molar-refractivity contribution < 1.29 is 18.9 Å². The van der Waals surface area contributed by atoms with Gasteiger partial charge in [-0.2, -0.15) is 0 Å². The molecule has 0 N–H and O–H groups in total. The molecule has 1 heterocycles. The van der Waals surface area contributed by atoms with Crippen LogP contribution in [0, 0.1) is 23.2 Å². The minimum Gasteiger partial charge on any atom is -0.373 e. The van der Waals surface area contributed by atoms with Gasteiger partial charge in [0.15, 0.2) is 5.79 Å². The molecular weight excluding hydrogens is 352 g/mol. The van der Waals surface area contributed by atoms with Gasteiger partial charge in [0, 0.05) is 12.3 Å². The van der Waals surface area contributed by atoms with Crippen LogP contribution < -0.4 is 0 Å². The van der Waals surface area contributed by atoms with Crippen LogP contribution in [0.1, 0.15) is 88.0 Å². The summed E-state index contributed by atoms with van der Waals surface area (Å²) in [6, 6.07) is 0. The Morgan fingerprint density at radius 1 is 0.857 bits per heavy atom. The SMILES string of the molecule is CC(C)C(C)(C)OC[C@@H]1OC2(CCC[C@@]3(C)C[C@@H]23)O[C@H]1COC(C)(C)C(C)C. The van der Waals surface area contributed by atoms with Crippen LogP contribution in [0.4, 0.5) is 0 Å². The molecule has 1 spiro atoms. The molecule has 1 saturated heterocycles. The average molecular weight is 397 g/mol. The van der Waals surface area contributed by atoms with Crippen molar-refractivity contribution in [2.75, 3.05) is 13.2 Å². The van der Waals surface area contributed by atoms with E-state index in [1.54, 1.807) is 0 Å². The van der Waals surface area contributed by atoms with Gasteiger partial charge in [0.25, 0.3) is 0 Å². The summed E-state index contributed by atoms with van der Waals surface area (Å²) in [5, 5.41) is 0. The van der Waals surface area contributed by atoms with Gasteiger partial charge in [0.05, 0.1) is 24.4 Å². The molecule has 0 aromatic carbocycles. The molecule has 0 unspecified atom stereocenters. The smallest absolute Gasteiger partial charge is 0.172 e. The molecule has 164 valence electrons. The van der Waals surface area contributed by atoms with Gasteiger partial charge in [-0.3, -0.25) is 0 Å². The highest BCUT2D eigenvalue weighted by molar-refractivity contribution is 5.11. The standard InChI is InChI=1S/C24H44O4/c1-16(2)21(5,6)25-14-18-19(15-26-22(7,8)17(3)4)28-24(27-18)12-10-11-23(9)13-20(23)24/h16-20H,10-15H2,1-9H3/t18-,19-,20+,23-/m0/s1. The van der Waals surface area contributed by atoms with Gasteiger partial charge >= 0.3 is 0 Å². The maximum absolute atomic E-state index is 6.70. The van der Waals surface area contributed by atoms with E-state index in [-0.39, 0.29) is 23.4 Å². The van der Waals surface area contributed by atoms with Crippen LogP contribution in [0.3, 0.4) is 0 Å². The lowest BCUT2D eigenvalue weighted by Crippen LogP contribution is -2.41. The minimum absolute atomic E-state index is 0.0658. The average Bonchev–Trinajstić information content (AvgIpc) is 3.17. The number of hydrogen-bond acceptors (Lipinski definition) is 4. The van der Waals surface area contributed by atoms with Gasteiger partial charge in [-0.1, -0.05) is 34.6 Å². The third-order valence-electron chi connectivity index (χ3n) is 8.29. The molecule has 4 heteroatoms. The van der Waals surface area contributed by atoms with Crippen molar-refractivity contribution in [3.8, 4) is 0 Å². The van der Waals surface area contributed by atoms with Crippen LogP contribution in [0.15, 0.2) is 0 Å². The predicted molar refractivity (Wildman–Crippen MR) is 112 cm³/mol. The first-order valence-corrected chi connectivity index (χ1v) is 11.4. The van der Waals surface area contributed by atoms with Gasteiger partial charge in [0.1, 0.15) is 12.2 Å². The van der Waals surface area contributed by atoms with Crippen molar-refractivity contribution in [3.05, 3.63) is 0 Å². The Hall–Kier alpha value is -0.160. The summed E-state index contributed by atoms with van der Waals surface area (Å²) in [7, 11) is 0. The van der Waals surface area contributed by atoms with Crippen molar-refractivity contribution in [1.29, 1.82) is 0 Å². The summed E-state index contributed by atoms with van der Waals surface area (Å²) in [4.78, 5) is 0. The fourth-order valence-electron chi connectivity index (χ4n) is 4.47. The monoisotopic (exact) mass is 396 g/mol. The largest absolute Gasteiger partial charge is 0.373 e. The summed E-state index contributed by atoms with van der Waals surface area (Å²) in [6.45, 7) is 21.0. The highest BCUT2D eigenvalue weighted by Crippen LogP contribution is 2.67. The van der Waals surface area contributed by atoms with E-state index in [2.05, 4.69) is 62.3 Å². The van der Waals surface area contributed by atoms with Crippen LogP contribution in [0.5, 0.6) is 0 Å². The Bertz CT molecular complexity index is 521. The first-order valence-electron chi connectivity index (χ1n) is 11.4. The molecule has 3 aliphatic rings. The summed E-state index contributed by atoms with van der Waals surface area (Å²) >= 11 is 0. The summed E-state index contributed by atoms with van der Waals surface area (Å²) in [5.74, 6) is 0.996. The zero-order chi connectivity index (χ0) is 21.0. The Morgan fingerprint density at radius 2 is 1.32 bits per heavy atom. The second-order valence-electron chi connectivity index (χ2n) is 11.5. The highest BCUT2D eigenvalue weighted by Gasteiger charge is 2.68. The molecule has 28 heavy (non-hydrogen) atoms. The number of ether oxygens (including phenoxy) is 4. The molecule has 0 aromatic heterocycles. The van der Waals surface area contributed by atoms with E-state index in [1.165, 1.54) is 19.3 Å². The topological polar surface area (TPSA) is 36.9 Å². The second kappa shape index (κ2) is 7.51. The van der Waals surface area contributed by atoms with Crippen LogP contribution in [0.25, 0.3) is 0 Å². The molecule has 3 rings (SSSR count). The molecule has 2 saturated carbocycles. The van der Waals surface area contributed by atoms with Gasteiger partial charge in [-0.15, -0.1) is 0 Å². The molecule has 0 aromatic rings. The molecule has 0 bridgehead atoms. The lowest BCUT2D eigenvalue weighted by atomic mass is 9.86. The molecular formula is C24H44O4. The van der Waals surface area contributed by atoms with Crippen molar-refractivity contribution in [2.45, 2.75) is 117 Å². The van der Waals surface area contributed by atoms with Crippen molar-refractivity contribution in [3.63, 3.8) is 0 Å². The first-order chi connectivity index (χ1) is 12.8. The van der Waals surface area contributed by atoms with Crippen molar-refractivity contribution >= 4 is 0 Å². The van der Waals surface area contributed by atoms with Crippen LogP contribution >= 0.6 is 0 Å². The van der Waals surface area contributed by atoms with Gasteiger partial charge in [0.2, 0.25) is 0 Å². The van der Waals surface area contributed by atoms with E-state index < -0.39 is 5.79 Å². The summed E-state index contributed by atoms with van der Waals surface area (Å²) < 4.78 is 26.1. The highest BCUT2D eigenvalue weighted by atomic mass is 16.8. The van der Waals surface area contributed by atoms with Crippen LogP contribution in [0.2, 0.25) is 0 Å². The third kappa shape index (κ3) is 4.31. The number of fused-ring (bicyclic) bond motifs is 2. The Kier molecular flexibility index (Phi) is 6.04. The molecule has 4 nitrogen and oxygen atoms in total. The number of rotatable bonds is 8. The molecule has 3 fully saturated rings. The zero-order valence-electron chi connectivity index (χ0n) is 19.8. The summed E-state index contributed by atoms with van der Waals surface area (Å²) in [5.41, 5.74) is 0.0541. The van der Waals surface area contributed by atoms with E-state index in [1.807, 2.05) is 0 Å². The molecule has 0 radical (unpaired) electrons. The number of hydrogen-bond donors (Lipinski definition) is 0. The van der Waals surface area contributed by atoms with Crippen molar-refractivity contribution in [2.24, 2.45) is 23.2 Å². The Balaban J connectivity index is 1.70. The summed E-state index contributed by atoms with van der Waals surface area (Å²) in [6.07, 6.45) is 4.58. The van der Waals surface area contributed by atoms with E-state index >= 15 is 0 Å². The van der Waals surface area contributed by atoms with Crippen LogP contribution in [-0.2, 0) is 18.9 Å². The van der Waals surface area contributed by atoms with E-state index in [9.17, 15) is 0 Å². The minimum atomic E-state index is -0.418. The lowest BCUT2D eigenvalue weighted by Gasteiger charge is -2.35. The molecule has 1 aliphatic heterocycles. The predicted octanol–water partition coefficient (Wildman–Crippen LogP) is 5.58. The van der Waals surface area contributed by atoms with Gasteiger partial charge < -0.3 is 18.9 Å². The zero-order valence-corrected chi connectivity index (χ0v) is 19.8. The normalized spacial score (nSPS) is 35.0. The van der Waals surface area contributed by atoms with E-state index in [4.69, 9.17) is 18.9 Å². The fourth-order valence-corrected chi connectivity index (χ4v) is 4.47. The Morgan fingerprint density at radius 3 is 1.75 bits per heavy atom. The second-order valence-corrected chi connectivity index (χ2v) is 11.5. The maximum Gasteiger partial charge on any atom is 0.172 e. The first kappa shape index (κ1) is 22.5. The van der Waals surface area contributed by atoms with Crippen molar-refractivity contribution in [1.82, 2.24) is 0 Å². The van der Waals surface area contributed by atoms with E-state index in [0.29, 0.717) is 36.4 Å². The fraction of sp³-hybridized carbons (Fsp3) is 1.00. The van der Waals surface area contributed by atoms with E-state index in [0.717, 1.165) is 6.42 Å². The quantitative estimate of drug-likeness (QED) is 0.537. The van der Waals surface area contributed by atoms with Gasteiger partial charge in [-0.05, 0) is 64.2 Å². The maximum atomic E-state index is 6.70. The van der Waals surface area contributed by atoms with Gasteiger partial charge in [-0.25, -0.2) is 0 Å². The molecule has 0 amide bonds. The lowest BCUT2D eigenvalue weighted by molar-refractivity contribution is -0.220. The Labute approximate surface area is 173 Å². The third-order valence-corrected chi connectivity index (χ3v) is 8.29. The molecule has 4 atom stereocenters. The van der Waals surface area contributed by atoms with Crippen LogP contribution in [-0.4, -0.2) is 42.4 Å². The molecule has 2 aliphatic carbocycles.